The minimum atomic E-state index is -0.561. The van der Waals surface area contributed by atoms with E-state index in [1.165, 1.54) is 0 Å². The van der Waals surface area contributed by atoms with E-state index in [4.69, 9.17) is 15.2 Å². The number of primary amides is 1. The molecule has 1 saturated carbocycles. The molecule has 0 unspecified atom stereocenters. The molecule has 1 aromatic rings. The molecule has 1 heterocycles. The van der Waals surface area contributed by atoms with Crippen LogP contribution in [0, 0.1) is 0 Å². The van der Waals surface area contributed by atoms with Gasteiger partial charge in [0.15, 0.2) is 0 Å². The third kappa shape index (κ3) is 3.09. The minimum absolute atomic E-state index is 0.0594. The number of nitrogens with zero attached hydrogens (tertiary/aromatic N) is 1. The lowest BCUT2D eigenvalue weighted by atomic mass is 10.2. The molecule has 1 aliphatic rings. The Morgan fingerprint density at radius 1 is 1.53 bits per heavy atom. The van der Waals surface area contributed by atoms with Crippen molar-refractivity contribution in [1.29, 1.82) is 0 Å². The molecular weight excluding hydrogens is 220 g/mol. The smallest absolute Gasteiger partial charge is 0.254 e. The van der Waals surface area contributed by atoms with Crippen molar-refractivity contribution < 1.29 is 14.3 Å². The minimum Gasteiger partial charge on any atom is -0.489 e. The molecular formula is C12H16N2O3. The van der Waals surface area contributed by atoms with Crippen molar-refractivity contribution in [2.75, 3.05) is 0 Å². The number of hydrogen-bond acceptors (Lipinski definition) is 4. The van der Waals surface area contributed by atoms with Crippen LogP contribution in [0.2, 0.25) is 0 Å². The van der Waals surface area contributed by atoms with Crippen molar-refractivity contribution in [2.45, 2.75) is 38.9 Å². The summed E-state index contributed by atoms with van der Waals surface area (Å²) < 4.78 is 11.0. The molecule has 5 heteroatoms. The number of pyridine rings is 1. The zero-order chi connectivity index (χ0) is 12.4. The normalized spacial score (nSPS) is 14.8. The number of nitrogens with two attached hydrogens (primary N) is 1. The number of amides is 1. The Kier molecular flexibility index (Phi) is 3.17. The molecule has 1 aromatic heterocycles. The summed E-state index contributed by atoms with van der Waals surface area (Å²) >= 11 is 0. The molecule has 0 aromatic carbocycles. The van der Waals surface area contributed by atoms with Crippen LogP contribution in [0.3, 0.4) is 0 Å². The Hall–Kier alpha value is -1.78. The van der Waals surface area contributed by atoms with E-state index >= 15 is 0 Å². The van der Waals surface area contributed by atoms with Gasteiger partial charge in [0.1, 0.15) is 11.3 Å². The van der Waals surface area contributed by atoms with Crippen LogP contribution in [0.25, 0.3) is 0 Å². The number of hydrogen-bond donors (Lipinski definition) is 1. The first-order valence-electron chi connectivity index (χ1n) is 5.69. The summed E-state index contributed by atoms with van der Waals surface area (Å²) in [5.74, 6) is 0.266. The fourth-order valence-corrected chi connectivity index (χ4v) is 1.37. The maximum absolute atomic E-state index is 11.3. The van der Waals surface area contributed by atoms with Gasteiger partial charge in [0, 0.05) is 0 Å². The maximum Gasteiger partial charge on any atom is 0.254 e. The van der Waals surface area contributed by atoms with Gasteiger partial charge >= 0.3 is 0 Å². The van der Waals surface area contributed by atoms with Gasteiger partial charge in [0.2, 0.25) is 5.88 Å². The first kappa shape index (κ1) is 11.7. The van der Waals surface area contributed by atoms with Gasteiger partial charge in [0.25, 0.3) is 5.91 Å². The van der Waals surface area contributed by atoms with E-state index in [1.807, 2.05) is 13.8 Å². The Morgan fingerprint density at radius 2 is 2.24 bits per heavy atom. The van der Waals surface area contributed by atoms with E-state index < -0.39 is 5.91 Å². The predicted molar refractivity (Wildman–Crippen MR) is 62.2 cm³/mol. The lowest BCUT2D eigenvalue weighted by Crippen LogP contribution is -2.17. The summed E-state index contributed by atoms with van der Waals surface area (Å²) in [7, 11) is 0. The highest BCUT2D eigenvalue weighted by Gasteiger charge is 2.24. The average Bonchev–Trinajstić information content (AvgIpc) is 3.03. The van der Waals surface area contributed by atoms with E-state index in [0.717, 1.165) is 12.8 Å². The van der Waals surface area contributed by atoms with E-state index in [9.17, 15) is 4.79 Å². The topological polar surface area (TPSA) is 74.4 Å². The number of aromatic nitrogens is 1. The van der Waals surface area contributed by atoms with Crippen LogP contribution >= 0.6 is 0 Å². The molecule has 0 bridgehead atoms. The molecule has 2 N–H and O–H groups in total. The molecule has 0 spiro atoms. The van der Waals surface area contributed by atoms with Crippen LogP contribution in [0.15, 0.2) is 12.3 Å². The predicted octanol–water partition coefficient (Wildman–Crippen LogP) is 1.51. The zero-order valence-corrected chi connectivity index (χ0v) is 9.97. The van der Waals surface area contributed by atoms with E-state index in [-0.39, 0.29) is 23.7 Å². The zero-order valence-electron chi connectivity index (χ0n) is 9.97. The highest BCUT2D eigenvalue weighted by atomic mass is 16.5. The molecule has 0 aliphatic heterocycles. The maximum atomic E-state index is 11.3. The van der Waals surface area contributed by atoms with Crippen molar-refractivity contribution in [3.8, 4) is 11.6 Å². The van der Waals surface area contributed by atoms with Crippen LogP contribution in [-0.4, -0.2) is 23.1 Å². The second-order valence-corrected chi connectivity index (χ2v) is 4.37. The molecule has 5 nitrogen and oxygen atoms in total. The lowest BCUT2D eigenvalue weighted by molar-refractivity contribution is 0.0992. The Balaban J connectivity index is 2.22. The molecule has 0 radical (unpaired) electrons. The quantitative estimate of drug-likeness (QED) is 0.840. The highest BCUT2D eigenvalue weighted by Crippen LogP contribution is 2.28. The van der Waals surface area contributed by atoms with Crippen LogP contribution in [0.4, 0.5) is 0 Å². The fraction of sp³-hybridized carbons (Fsp3) is 0.500. The average molecular weight is 236 g/mol. The summed E-state index contributed by atoms with van der Waals surface area (Å²) in [6, 6.07) is 1.59. The van der Waals surface area contributed by atoms with Crippen LogP contribution in [-0.2, 0) is 0 Å². The second kappa shape index (κ2) is 4.61. The first-order valence-corrected chi connectivity index (χ1v) is 5.69. The number of carbonyl (C=O) groups excluding carboxylic acids is 1. The van der Waals surface area contributed by atoms with Crippen LogP contribution in [0.5, 0.6) is 11.6 Å². The summed E-state index contributed by atoms with van der Waals surface area (Å²) in [6.45, 7) is 3.72. The molecule has 0 saturated heterocycles. The molecule has 2 rings (SSSR count). The molecule has 0 atom stereocenters. The van der Waals surface area contributed by atoms with Gasteiger partial charge < -0.3 is 15.2 Å². The van der Waals surface area contributed by atoms with Crippen molar-refractivity contribution in [3.05, 3.63) is 17.8 Å². The Labute approximate surface area is 99.9 Å². The standard InChI is InChI=1S/C12H16N2O3/c1-7(2)16-12-10(11(13)15)5-9(6-14-12)17-8-3-4-8/h5-8H,3-4H2,1-2H3,(H2,13,15). The van der Waals surface area contributed by atoms with E-state index in [2.05, 4.69) is 4.98 Å². The molecule has 92 valence electrons. The van der Waals surface area contributed by atoms with Gasteiger partial charge in [-0.3, -0.25) is 4.79 Å². The molecule has 1 fully saturated rings. The summed E-state index contributed by atoms with van der Waals surface area (Å²) in [6.07, 6.45) is 3.86. The molecule has 1 amide bonds. The first-order chi connectivity index (χ1) is 8.06. The summed E-state index contributed by atoms with van der Waals surface area (Å²) in [5, 5.41) is 0. The SMILES string of the molecule is CC(C)Oc1ncc(OC2CC2)cc1C(N)=O. The van der Waals surface area contributed by atoms with Crippen molar-refractivity contribution in [2.24, 2.45) is 5.73 Å². The Bertz CT molecular complexity index is 428. The van der Waals surface area contributed by atoms with Crippen LogP contribution < -0.4 is 15.2 Å². The van der Waals surface area contributed by atoms with Gasteiger partial charge in [-0.2, -0.15) is 0 Å². The van der Waals surface area contributed by atoms with Crippen LogP contribution in [0.1, 0.15) is 37.0 Å². The highest BCUT2D eigenvalue weighted by molar-refractivity contribution is 5.95. The number of rotatable bonds is 5. The van der Waals surface area contributed by atoms with E-state index in [1.54, 1.807) is 12.3 Å². The van der Waals surface area contributed by atoms with Crippen molar-refractivity contribution in [3.63, 3.8) is 0 Å². The van der Waals surface area contributed by atoms with Gasteiger partial charge in [-0.25, -0.2) is 4.98 Å². The summed E-state index contributed by atoms with van der Waals surface area (Å²) in [5.41, 5.74) is 5.55. The van der Waals surface area contributed by atoms with Crippen molar-refractivity contribution in [1.82, 2.24) is 4.98 Å². The monoisotopic (exact) mass is 236 g/mol. The van der Waals surface area contributed by atoms with E-state index in [0.29, 0.717) is 5.75 Å². The van der Waals surface area contributed by atoms with Gasteiger partial charge in [-0.05, 0) is 32.8 Å². The van der Waals surface area contributed by atoms with Gasteiger partial charge in [-0.1, -0.05) is 0 Å². The van der Waals surface area contributed by atoms with Gasteiger partial charge in [0.05, 0.1) is 18.4 Å². The largest absolute Gasteiger partial charge is 0.489 e. The summed E-state index contributed by atoms with van der Waals surface area (Å²) in [4.78, 5) is 15.4. The fourth-order valence-electron chi connectivity index (χ4n) is 1.37. The molecule has 1 aliphatic carbocycles. The lowest BCUT2D eigenvalue weighted by Gasteiger charge is -2.12. The third-order valence-corrected chi connectivity index (χ3v) is 2.27. The number of ether oxygens (including phenoxy) is 2. The second-order valence-electron chi connectivity index (χ2n) is 4.37. The third-order valence-electron chi connectivity index (χ3n) is 2.27. The van der Waals surface area contributed by atoms with Crippen molar-refractivity contribution >= 4 is 5.91 Å². The molecule has 17 heavy (non-hydrogen) atoms. The Morgan fingerprint density at radius 3 is 2.76 bits per heavy atom. The van der Waals surface area contributed by atoms with Gasteiger partial charge in [-0.15, -0.1) is 0 Å². The number of carbonyl (C=O) groups is 1.